The Morgan fingerprint density at radius 2 is 1.95 bits per heavy atom. The van der Waals surface area contributed by atoms with Crippen molar-refractivity contribution in [3.8, 4) is 0 Å². The Balaban J connectivity index is 1.80. The highest BCUT2D eigenvalue weighted by atomic mass is 16.5. The van der Waals surface area contributed by atoms with Gasteiger partial charge in [0.1, 0.15) is 5.76 Å². The molecule has 0 amide bonds. The van der Waals surface area contributed by atoms with E-state index in [4.69, 9.17) is 13.9 Å². The second-order valence-corrected chi connectivity index (χ2v) is 6.19. The van der Waals surface area contributed by atoms with Gasteiger partial charge in [-0.15, -0.1) is 0 Å². The lowest BCUT2D eigenvalue weighted by Crippen LogP contribution is -2.27. The fraction of sp³-hybridized carbons (Fsp3) is 0.750. The molecule has 21 heavy (non-hydrogen) atoms. The number of likely N-dealkylation sites (tertiary alicyclic amines) is 1. The molecule has 120 valence electrons. The van der Waals surface area contributed by atoms with Crippen LogP contribution in [0.1, 0.15) is 25.2 Å². The maximum absolute atomic E-state index is 5.66. The van der Waals surface area contributed by atoms with Crippen LogP contribution in [0.15, 0.2) is 16.7 Å². The molecular weight excluding hydrogens is 268 g/mol. The Kier molecular flexibility index (Phi) is 6.23. The van der Waals surface area contributed by atoms with Crippen LogP contribution in [0.25, 0.3) is 0 Å². The monoisotopic (exact) mass is 296 g/mol. The number of rotatable bonds is 8. The summed E-state index contributed by atoms with van der Waals surface area (Å²) in [5.41, 5.74) is 1.21. The van der Waals surface area contributed by atoms with Gasteiger partial charge in [-0.2, -0.15) is 0 Å². The van der Waals surface area contributed by atoms with E-state index < -0.39 is 0 Å². The quantitative estimate of drug-likeness (QED) is 0.793. The number of hydrogen-bond donors (Lipinski definition) is 1. The number of ether oxygens (including phenoxy) is 2. The van der Waals surface area contributed by atoms with Crippen molar-refractivity contribution in [3.05, 3.63) is 23.7 Å². The Morgan fingerprint density at radius 1 is 1.29 bits per heavy atom. The van der Waals surface area contributed by atoms with Gasteiger partial charge in [0, 0.05) is 39.4 Å². The first-order valence-electron chi connectivity index (χ1n) is 7.67. The zero-order valence-corrected chi connectivity index (χ0v) is 13.6. The third-order valence-corrected chi connectivity index (χ3v) is 3.87. The van der Waals surface area contributed by atoms with Crippen molar-refractivity contribution >= 4 is 0 Å². The van der Waals surface area contributed by atoms with Gasteiger partial charge in [0.05, 0.1) is 25.0 Å². The summed E-state index contributed by atoms with van der Waals surface area (Å²) in [4.78, 5) is 2.31. The van der Waals surface area contributed by atoms with Gasteiger partial charge in [0.2, 0.25) is 0 Å². The van der Waals surface area contributed by atoms with Crippen molar-refractivity contribution in [2.45, 2.75) is 39.1 Å². The Bertz CT molecular complexity index is 407. The van der Waals surface area contributed by atoms with Gasteiger partial charge in [-0.25, -0.2) is 0 Å². The molecule has 5 nitrogen and oxygen atoms in total. The van der Waals surface area contributed by atoms with Crippen molar-refractivity contribution in [2.75, 3.05) is 33.9 Å². The zero-order chi connectivity index (χ0) is 15.2. The molecule has 0 bridgehead atoms. The molecule has 0 saturated carbocycles. The number of hydrogen-bond acceptors (Lipinski definition) is 5. The minimum absolute atomic E-state index is 0.150. The van der Waals surface area contributed by atoms with Crippen LogP contribution in [0.2, 0.25) is 0 Å². The number of methoxy groups -OCH3 is 2. The minimum Gasteiger partial charge on any atom is -0.468 e. The predicted molar refractivity (Wildman–Crippen MR) is 82.1 cm³/mol. The summed E-state index contributed by atoms with van der Waals surface area (Å²) in [6, 6.07) is 2.13. The van der Waals surface area contributed by atoms with Crippen molar-refractivity contribution in [1.29, 1.82) is 0 Å². The fourth-order valence-corrected chi connectivity index (χ4v) is 2.73. The lowest BCUT2D eigenvalue weighted by atomic mass is 10.2. The molecule has 0 radical (unpaired) electrons. The van der Waals surface area contributed by atoms with Crippen molar-refractivity contribution < 1.29 is 13.9 Å². The second-order valence-electron chi connectivity index (χ2n) is 6.19. The fourth-order valence-electron chi connectivity index (χ4n) is 2.73. The molecule has 0 aliphatic carbocycles. The lowest BCUT2D eigenvalue weighted by molar-refractivity contribution is -0.00461. The summed E-state index contributed by atoms with van der Waals surface area (Å²) in [5.74, 6) is 1.67. The van der Waals surface area contributed by atoms with E-state index in [-0.39, 0.29) is 12.2 Å². The Hall–Kier alpha value is -0.880. The largest absolute Gasteiger partial charge is 0.468 e. The van der Waals surface area contributed by atoms with E-state index in [0.29, 0.717) is 5.92 Å². The highest BCUT2D eigenvalue weighted by Gasteiger charge is 2.33. The third kappa shape index (κ3) is 4.81. The molecule has 1 saturated heterocycles. The van der Waals surface area contributed by atoms with Gasteiger partial charge in [-0.3, -0.25) is 4.90 Å². The summed E-state index contributed by atoms with van der Waals surface area (Å²) < 4.78 is 16.6. The molecule has 2 rings (SSSR count). The van der Waals surface area contributed by atoms with E-state index in [2.05, 4.69) is 30.1 Å². The van der Waals surface area contributed by atoms with Crippen molar-refractivity contribution in [3.63, 3.8) is 0 Å². The van der Waals surface area contributed by atoms with Crippen LogP contribution in [0.3, 0.4) is 0 Å². The molecule has 1 aromatic rings. The maximum atomic E-state index is 5.66. The Labute approximate surface area is 127 Å². The molecule has 5 heteroatoms. The molecular formula is C16H28N2O3. The van der Waals surface area contributed by atoms with E-state index in [9.17, 15) is 0 Å². The standard InChI is InChI=1S/C16H28N2O3/c1-12(2)6-17-7-13-5-14(21-11-13)8-18-9-15(19-3)16(10-18)20-4/h5,11-12,15-17H,6-10H2,1-4H3. The van der Waals surface area contributed by atoms with Gasteiger partial charge < -0.3 is 19.2 Å². The number of furan rings is 1. The maximum Gasteiger partial charge on any atom is 0.118 e. The van der Waals surface area contributed by atoms with Gasteiger partial charge in [-0.1, -0.05) is 13.8 Å². The smallest absolute Gasteiger partial charge is 0.118 e. The molecule has 0 aromatic carbocycles. The first kappa shape index (κ1) is 16.5. The van der Waals surface area contributed by atoms with Crippen LogP contribution in [0, 0.1) is 5.92 Å². The minimum atomic E-state index is 0.150. The van der Waals surface area contributed by atoms with Crippen LogP contribution >= 0.6 is 0 Å². The molecule has 1 aliphatic heterocycles. The van der Waals surface area contributed by atoms with Gasteiger partial charge >= 0.3 is 0 Å². The van der Waals surface area contributed by atoms with Crippen LogP contribution in [0.5, 0.6) is 0 Å². The van der Waals surface area contributed by atoms with Gasteiger partial charge in [0.15, 0.2) is 0 Å². The van der Waals surface area contributed by atoms with E-state index in [0.717, 1.165) is 38.5 Å². The molecule has 0 spiro atoms. The number of nitrogens with zero attached hydrogens (tertiary/aromatic N) is 1. The van der Waals surface area contributed by atoms with Gasteiger partial charge in [-0.05, 0) is 18.5 Å². The molecule has 2 atom stereocenters. The Morgan fingerprint density at radius 3 is 2.52 bits per heavy atom. The summed E-state index contributed by atoms with van der Waals surface area (Å²) in [7, 11) is 3.48. The van der Waals surface area contributed by atoms with Crippen molar-refractivity contribution in [2.24, 2.45) is 5.92 Å². The van der Waals surface area contributed by atoms with Crippen LogP contribution in [0.4, 0.5) is 0 Å². The first-order chi connectivity index (χ1) is 10.1. The van der Waals surface area contributed by atoms with Crippen LogP contribution < -0.4 is 5.32 Å². The molecule has 1 fully saturated rings. The predicted octanol–water partition coefficient (Wildman–Crippen LogP) is 1.87. The summed E-state index contributed by atoms with van der Waals surface area (Å²) in [5, 5.41) is 3.43. The zero-order valence-electron chi connectivity index (χ0n) is 13.6. The summed E-state index contributed by atoms with van der Waals surface area (Å²) in [6.07, 6.45) is 2.15. The average molecular weight is 296 g/mol. The van der Waals surface area contributed by atoms with E-state index in [1.807, 2.05) is 6.26 Å². The van der Waals surface area contributed by atoms with E-state index in [1.165, 1.54) is 5.56 Å². The molecule has 2 heterocycles. The average Bonchev–Trinajstić information content (AvgIpc) is 3.05. The molecule has 1 aliphatic rings. The van der Waals surface area contributed by atoms with E-state index in [1.54, 1.807) is 14.2 Å². The molecule has 1 aromatic heterocycles. The third-order valence-electron chi connectivity index (χ3n) is 3.87. The lowest BCUT2D eigenvalue weighted by Gasteiger charge is -2.13. The highest BCUT2D eigenvalue weighted by molar-refractivity contribution is 5.13. The normalized spacial score (nSPS) is 23.3. The SMILES string of the molecule is COC1CN(Cc2cc(CNCC(C)C)co2)CC1OC. The first-order valence-corrected chi connectivity index (χ1v) is 7.67. The molecule has 2 unspecified atom stereocenters. The highest BCUT2D eigenvalue weighted by Crippen LogP contribution is 2.19. The van der Waals surface area contributed by atoms with Crippen molar-refractivity contribution in [1.82, 2.24) is 10.2 Å². The molecule has 1 N–H and O–H groups in total. The second kappa shape index (κ2) is 7.94. The van der Waals surface area contributed by atoms with Crippen LogP contribution in [-0.2, 0) is 22.6 Å². The summed E-state index contributed by atoms with van der Waals surface area (Å²) in [6.45, 7) is 8.89. The topological polar surface area (TPSA) is 46.9 Å². The van der Waals surface area contributed by atoms with Gasteiger partial charge in [0.25, 0.3) is 0 Å². The van der Waals surface area contributed by atoms with Crippen LogP contribution in [-0.4, -0.2) is 51.0 Å². The van der Waals surface area contributed by atoms with E-state index >= 15 is 0 Å². The summed E-state index contributed by atoms with van der Waals surface area (Å²) >= 11 is 0. The number of nitrogens with one attached hydrogen (secondary N) is 1.